The summed E-state index contributed by atoms with van der Waals surface area (Å²) in [5, 5.41) is 23.9. The average molecular weight is 527 g/mol. The number of carboxylic acids is 1. The van der Waals surface area contributed by atoms with Crippen LogP contribution in [0.1, 0.15) is 11.3 Å². The molecule has 4 rings (SSSR count). The summed E-state index contributed by atoms with van der Waals surface area (Å²) in [6.45, 7) is 0. The van der Waals surface area contributed by atoms with Gasteiger partial charge in [0.15, 0.2) is 10.8 Å². The number of carboxylic acid groups (broad SMARTS) is 1. The summed E-state index contributed by atoms with van der Waals surface area (Å²) in [4.78, 5) is 47.0. The number of nitrogens with two attached hydrogens (primary N) is 1. The number of amides is 2. The Balaban J connectivity index is 1.49. The van der Waals surface area contributed by atoms with Crippen molar-refractivity contribution in [1.82, 2.24) is 20.2 Å². The molecule has 33 heavy (non-hydrogen) atoms. The molecule has 172 valence electrons. The van der Waals surface area contributed by atoms with E-state index in [1.54, 1.807) is 12.4 Å². The predicted octanol–water partition coefficient (Wildman–Crippen LogP) is 1.58. The number of anilines is 1. The number of aliphatic carboxylic acids is 1. The monoisotopic (exact) mass is 526 g/mol. The lowest BCUT2D eigenvalue weighted by Gasteiger charge is -2.49. The second kappa shape index (κ2) is 9.59. The van der Waals surface area contributed by atoms with Crippen molar-refractivity contribution < 1.29 is 24.7 Å². The molecule has 0 bridgehead atoms. The van der Waals surface area contributed by atoms with Crippen LogP contribution in [-0.2, 0) is 20.1 Å². The van der Waals surface area contributed by atoms with Crippen LogP contribution in [0.4, 0.5) is 5.13 Å². The van der Waals surface area contributed by atoms with Gasteiger partial charge in [0.2, 0.25) is 0 Å². The van der Waals surface area contributed by atoms with Crippen molar-refractivity contribution >= 4 is 75.1 Å². The Labute approximate surface area is 204 Å². The number of rotatable bonds is 7. The van der Waals surface area contributed by atoms with Gasteiger partial charge >= 0.3 is 5.97 Å². The molecule has 0 saturated carbocycles. The zero-order valence-corrected chi connectivity index (χ0v) is 19.7. The van der Waals surface area contributed by atoms with Crippen molar-refractivity contribution in [2.24, 2.45) is 5.16 Å². The summed E-state index contributed by atoms with van der Waals surface area (Å²) >= 11 is 9.54. The molecule has 5 N–H and O–H groups in total. The van der Waals surface area contributed by atoms with E-state index in [0.29, 0.717) is 16.4 Å². The lowest BCUT2D eigenvalue weighted by atomic mass is 10.0. The van der Waals surface area contributed by atoms with Gasteiger partial charge in [-0.25, -0.2) is 9.78 Å². The van der Waals surface area contributed by atoms with Gasteiger partial charge in [-0.3, -0.25) is 19.5 Å². The molecular weight excluding hydrogens is 512 g/mol. The van der Waals surface area contributed by atoms with Gasteiger partial charge in [-0.05, 0) is 17.7 Å². The second-order valence-corrected chi connectivity index (χ2v) is 10.5. The fourth-order valence-electron chi connectivity index (χ4n) is 3.22. The van der Waals surface area contributed by atoms with E-state index in [9.17, 15) is 24.7 Å². The van der Waals surface area contributed by atoms with E-state index in [4.69, 9.17) is 17.3 Å². The maximum atomic E-state index is 12.8. The maximum Gasteiger partial charge on any atom is 0.353 e. The van der Waals surface area contributed by atoms with E-state index in [1.165, 1.54) is 28.4 Å². The molecule has 2 aromatic heterocycles. The Kier molecular flexibility index (Phi) is 6.78. The minimum atomic E-state index is -1.22. The van der Waals surface area contributed by atoms with Crippen LogP contribution in [0, 0.1) is 0 Å². The first kappa shape index (κ1) is 23.4. The quantitative estimate of drug-likeness (QED) is 0.179. The number of carbonyl (C=O) groups excluding carboxylic acids is 2. The second-order valence-electron chi connectivity index (χ2n) is 6.71. The lowest BCUT2D eigenvalue weighted by Crippen LogP contribution is -2.71. The SMILES string of the molecule is Nc1nc(/C(=N/O)C(=O)N[C@@H]2C(=O)N3C(C(=O)O)=C(SCc4ccncc4)CS[C@@H]23)c(Cl)s1. The van der Waals surface area contributed by atoms with E-state index in [-0.39, 0.29) is 20.9 Å². The Bertz CT molecular complexity index is 1190. The molecule has 0 unspecified atom stereocenters. The molecule has 0 aromatic carbocycles. The molecule has 4 heterocycles. The molecule has 2 atom stereocenters. The Morgan fingerprint density at radius 1 is 1.39 bits per heavy atom. The number of fused-ring (bicyclic) bond motifs is 1. The summed E-state index contributed by atoms with van der Waals surface area (Å²) in [6.07, 6.45) is 3.30. The van der Waals surface area contributed by atoms with Crippen LogP contribution >= 0.6 is 46.5 Å². The number of carbonyl (C=O) groups is 3. The predicted molar refractivity (Wildman–Crippen MR) is 125 cm³/mol. The molecule has 0 radical (unpaired) electrons. The first-order valence-electron chi connectivity index (χ1n) is 9.19. The van der Waals surface area contributed by atoms with Crippen molar-refractivity contribution in [1.29, 1.82) is 0 Å². The molecule has 2 aromatic rings. The Morgan fingerprint density at radius 2 is 2.12 bits per heavy atom. The van der Waals surface area contributed by atoms with E-state index in [2.05, 4.69) is 20.4 Å². The number of oxime groups is 1. The van der Waals surface area contributed by atoms with E-state index < -0.39 is 34.9 Å². The van der Waals surface area contributed by atoms with Gasteiger partial charge < -0.3 is 21.4 Å². The minimum absolute atomic E-state index is 0.0519. The van der Waals surface area contributed by atoms with Crippen LogP contribution in [-0.4, -0.2) is 65.8 Å². The Morgan fingerprint density at radius 3 is 2.73 bits per heavy atom. The normalized spacial score (nSPS) is 20.3. The molecule has 2 amide bonds. The number of halogens is 1. The molecule has 1 saturated heterocycles. The number of nitrogens with zero attached hydrogens (tertiary/aromatic N) is 4. The van der Waals surface area contributed by atoms with Crippen LogP contribution in [0.5, 0.6) is 0 Å². The minimum Gasteiger partial charge on any atom is -0.477 e. The van der Waals surface area contributed by atoms with E-state index >= 15 is 0 Å². The largest absolute Gasteiger partial charge is 0.477 e. The van der Waals surface area contributed by atoms with Crippen molar-refractivity contribution in [3.63, 3.8) is 0 Å². The third-order valence-corrected chi connectivity index (χ3v) is 8.44. The van der Waals surface area contributed by atoms with Crippen molar-refractivity contribution in [3.8, 4) is 0 Å². The molecule has 1 fully saturated rings. The molecular formula is C18H15ClN6O5S3. The summed E-state index contributed by atoms with van der Waals surface area (Å²) < 4.78 is 0.0519. The van der Waals surface area contributed by atoms with Gasteiger partial charge in [0.1, 0.15) is 27.1 Å². The van der Waals surface area contributed by atoms with Crippen LogP contribution in [0.2, 0.25) is 4.34 Å². The van der Waals surface area contributed by atoms with Crippen LogP contribution in [0.25, 0.3) is 0 Å². The number of hydrogen-bond acceptors (Lipinski definition) is 11. The molecule has 2 aliphatic heterocycles. The van der Waals surface area contributed by atoms with Crippen LogP contribution in [0.15, 0.2) is 40.3 Å². The number of hydrogen-bond donors (Lipinski definition) is 4. The Hall–Kier alpha value is -2.81. The number of nitrogens with one attached hydrogen (secondary N) is 1. The fraction of sp³-hybridized carbons (Fsp3) is 0.222. The van der Waals surface area contributed by atoms with Crippen LogP contribution in [0.3, 0.4) is 0 Å². The first-order valence-corrected chi connectivity index (χ1v) is 12.4. The standard InChI is InChI=1S/C18H15ClN6O5S3/c19-13-9(23-18(20)33-13)10(24-30)14(26)22-11-15(27)25-12(17(28)29)8(6-32-16(11)25)31-5-7-1-3-21-4-2-7/h1-4,11,16,30H,5-6H2,(H2,20,23)(H,22,26)(H,28,29)/b24-10-/t11-,16+/m1/s1. The number of pyridine rings is 1. The fourth-order valence-corrected chi connectivity index (χ4v) is 6.74. The number of aromatic nitrogens is 2. The maximum absolute atomic E-state index is 12.8. The molecule has 0 aliphatic carbocycles. The summed E-state index contributed by atoms with van der Waals surface area (Å²) in [6, 6.07) is 2.65. The van der Waals surface area contributed by atoms with Gasteiger partial charge in [-0.1, -0.05) is 28.1 Å². The number of thioether (sulfide) groups is 2. The van der Waals surface area contributed by atoms with Crippen molar-refractivity contribution in [2.75, 3.05) is 11.5 Å². The van der Waals surface area contributed by atoms with Gasteiger partial charge in [0.05, 0.1) is 0 Å². The van der Waals surface area contributed by atoms with Gasteiger partial charge in [-0.2, -0.15) is 0 Å². The number of thiazole rings is 1. The summed E-state index contributed by atoms with van der Waals surface area (Å²) in [5.41, 5.74) is 5.83. The highest BCUT2D eigenvalue weighted by Crippen LogP contribution is 2.44. The first-order chi connectivity index (χ1) is 15.8. The molecule has 15 heteroatoms. The van der Waals surface area contributed by atoms with Gasteiger partial charge in [-0.15, -0.1) is 23.5 Å². The van der Waals surface area contributed by atoms with Crippen molar-refractivity contribution in [3.05, 3.63) is 50.7 Å². The third-order valence-electron chi connectivity index (χ3n) is 4.73. The molecule has 0 spiro atoms. The zero-order chi connectivity index (χ0) is 23.7. The van der Waals surface area contributed by atoms with E-state index in [0.717, 1.165) is 16.9 Å². The smallest absolute Gasteiger partial charge is 0.353 e. The highest BCUT2D eigenvalue weighted by Gasteiger charge is 2.54. The topological polar surface area (TPSA) is 171 Å². The third kappa shape index (κ3) is 4.51. The zero-order valence-electron chi connectivity index (χ0n) is 16.5. The summed E-state index contributed by atoms with van der Waals surface area (Å²) in [5.74, 6) is -1.81. The number of nitrogen functional groups attached to an aromatic ring is 1. The van der Waals surface area contributed by atoms with Crippen molar-refractivity contribution in [2.45, 2.75) is 17.2 Å². The highest BCUT2D eigenvalue weighted by molar-refractivity contribution is 8.05. The van der Waals surface area contributed by atoms with Gasteiger partial charge in [0.25, 0.3) is 11.8 Å². The summed E-state index contributed by atoms with van der Waals surface area (Å²) in [7, 11) is 0. The molecule has 2 aliphatic rings. The van der Waals surface area contributed by atoms with Gasteiger partial charge in [0, 0.05) is 28.8 Å². The lowest BCUT2D eigenvalue weighted by molar-refractivity contribution is -0.150. The average Bonchev–Trinajstić information content (AvgIpc) is 3.13. The van der Waals surface area contributed by atoms with E-state index in [1.807, 2.05) is 12.1 Å². The molecule has 11 nitrogen and oxygen atoms in total. The number of β-lactam (4-membered cyclic amide) rings is 1. The van der Waals surface area contributed by atoms with Crippen LogP contribution < -0.4 is 11.1 Å². The highest BCUT2D eigenvalue weighted by atomic mass is 35.5.